The highest BCUT2D eigenvalue weighted by molar-refractivity contribution is 6.15. The molecule has 3 nitrogen and oxygen atoms in total. The summed E-state index contributed by atoms with van der Waals surface area (Å²) < 4.78 is 8.88. The van der Waals surface area contributed by atoms with E-state index in [-0.39, 0.29) is 22.7 Å². The summed E-state index contributed by atoms with van der Waals surface area (Å²) in [5.74, 6) is 0.436. The predicted molar refractivity (Wildman–Crippen MR) is 272 cm³/mol. The Balaban J connectivity index is 1.21. The molecule has 0 radical (unpaired) electrons. The number of hydrogen-bond acceptors (Lipinski definition) is 2. The molecule has 0 aliphatic heterocycles. The van der Waals surface area contributed by atoms with Gasteiger partial charge in [-0.05, 0) is 105 Å². The fourth-order valence-electron chi connectivity index (χ4n) is 10.3. The minimum Gasteiger partial charge on any atom is -0.456 e. The molecule has 314 valence electrons. The summed E-state index contributed by atoms with van der Waals surface area (Å²) in [5, 5.41) is 4.63. The third-order valence-corrected chi connectivity index (χ3v) is 13.6. The second-order valence-corrected chi connectivity index (χ2v) is 19.8. The lowest BCUT2D eigenvalue weighted by Gasteiger charge is -2.34. The van der Waals surface area contributed by atoms with Gasteiger partial charge < -0.3 is 13.9 Å². The van der Waals surface area contributed by atoms with Gasteiger partial charge in [-0.15, -0.1) is 0 Å². The molecule has 1 aliphatic carbocycles. The molecule has 2 aromatic heterocycles. The van der Waals surface area contributed by atoms with E-state index < -0.39 is 0 Å². The molecule has 2 unspecified atom stereocenters. The maximum absolute atomic E-state index is 6.43. The molecule has 3 heteroatoms. The Morgan fingerprint density at radius 2 is 1.14 bits per heavy atom. The normalized spacial score (nSPS) is 15.4. The molecule has 0 bridgehead atoms. The summed E-state index contributed by atoms with van der Waals surface area (Å²) in [5.41, 5.74) is 17.7. The van der Waals surface area contributed by atoms with Crippen LogP contribution < -0.4 is 4.90 Å². The van der Waals surface area contributed by atoms with E-state index >= 15 is 0 Å². The van der Waals surface area contributed by atoms with Crippen molar-refractivity contribution in [3.63, 3.8) is 0 Å². The first-order chi connectivity index (χ1) is 30.9. The molecule has 64 heavy (non-hydrogen) atoms. The monoisotopic (exact) mass is 830 g/mol. The van der Waals surface area contributed by atoms with Gasteiger partial charge in [0, 0.05) is 44.4 Å². The molecule has 1 aliphatic rings. The average Bonchev–Trinajstić information content (AvgIpc) is 3.85. The van der Waals surface area contributed by atoms with Crippen LogP contribution >= 0.6 is 0 Å². The van der Waals surface area contributed by atoms with Crippen molar-refractivity contribution in [1.82, 2.24) is 4.57 Å². The summed E-state index contributed by atoms with van der Waals surface area (Å²) in [6, 6.07) is 64.9. The van der Waals surface area contributed by atoms with Gasteiger partial charge >= 0.3 is 0 Å². The van der Waals surface area contributed by atoms with Crippen molar-refractivity contribution >= 4 is 66.9 Å². The van der Waals surface area contributed by atoms with Gasteiger partial charge in [0.05, 0.1) is 22.4 Å². The quantitative estimate of drug-likeness (QED) is 0.166. The number of benzene rings is 8. The van der Waals surface area contributed by atoms with Crippen LogP contribution in [0.4, 0.5) is 17.1 Å². The van der Waals surface area contributed by atoms with Crippen molar-refractivity contribution in [3.05, 3.63) is 210 Å². The third-order valence-electron chi connectivity index (χ3n) is 13.6. The van der Waals surface area contributed by atoms with Crippen LogP contribution in [0.25, 0.3) is 66.6 Å². The molecule has 2 atom stereocenters. The highest BCUT2D eigenvalue weighted by atomic mass is 16.3. The smallest absolute Gasteiger partial charge is 0.135 e. The molecule has 0 spiro atoms. The number of furan rings is 1. The standard InChI is InChI=1S/C61H54N2O/c1-39-31-32-40-19-17-25-49(58(40)57(39)41-35-42(60(2,3)4)37-43(36-41)61(5,6)7)46-22-11-14-27-52(46)62(45-33-34-56-51(38-45)48-24-13-16-30-55(48)64-56)54-29-18-26-50-47-23-12-15-28-53(47)63(59(50)54)44-20-9-8-10-21-44/h8-39,57H,1-7H3. The van der Waals surface area contributed by atoms with Crippen LogP contribution in [-0.2, 0) is 10.8 Å². The highest BCUT2D eigenvalue weighted by Crippen LogP contribution is 2.51. The molecule has 2 heterocycles. The minimum absolute atomic E-state index is 0.00382. The first kappa shape index (κ1) is 39.7. The zero-order valence-electron chi connectivity index (χ0n) is 37.9. The zero-order valence-corrected chi connectivity index (χ0v) is 37.9. The van der Waals surface area contributed by atoms with Gasteiger partial charge in [0.1, 0.15) is 11.2 Å². The highest BCUT2D eigenvalue weighted by Gasteiger charge is 2.32. The lowest BCUT2D eigenvalue weighted by atomic mass is 9.70. The Morgan fingerprint density at radius 3 is 1.92 bits per heavy atom. The number of anilines is 3. The van der Waals surface area contributed by atoms with Crippen LogP contribution in [0.15, 0.2) is 186 Å². The second-order valence-electron chi connectivity index (χ2n) is 19.8. The van der Waals surface area contributed by atoms with Gasteiger partial charge in [0.15, 0.2) is 0 Å². The number of nitrogens with zero attached hydrogens (tertiary/aromatic N) is 2. The van der Waals surface area contributed by atoms with E-state index in [1.165, 1.54) is 55.2 Å². The predicted octanol–water partition coefficient (Wildman–Crippen LogP) is 17.2. The lowest BCUT2D eigenvalue weighted by Crippen LogP contribution is -2.21. The maximum Gasteiger partial charge on any atom is 0.135 e. The van der Waals surface area contributed by atoms with Gasteiger partial charge in [-0.2, -0.15) is 0 Å². The first-order valence-corrected chi connectivity index (χ1v) is 22.8. The van der Waals surface area contributed by atoms with Gasteiger partial charge in [0.25, 0.3) is 0 Å². The molecular weight excluding hydrogens is 777 g/mol. The maximum atomic E-state index is 6.43. The second kappa shape index (κ2) is 15.0. The Morgan fingerprint density at radius 1 is 0.516 bits per heavy atom. The van der Waals surface area contributed by atoms with E-state index in [4.69, 9.17) is 4.42 Å². The number of fused-ring (bicyclic) bond motifs is 7. The summed E-state index contributed by atoms with van der Waals surface area (Å²) in [6.07, 6.45) is 4.78. The van der Waals surface area contributed by atoms with Crippen molar-refractivity contribution in [2.45, 2.75) is 65.2 Å². The lowest BCUT2D eigenvalue weighted by molar-refractivity contribution is 0.559. The Bertz CT molecular complexity index is 3410. The van der Waals surface area contributed by atoms with E-state index in [2.05, 4.69) is 240 Å². The Labute approximate surface area is 376 Å². The average molecular weight is 831 g/mol. The molecule has 8 aromatic carbocycles. The first-order valence-electron chi connectivity index (χ1n) is 22.8. The fourth-order valence-corrected chi connectivity index (χ4v) is 10.3. The van der Waals surface area contributed by atoms with Crippen LogP contribution in [0.5, 0.6) is 0 Å². The number of para-hydroxylation sites is 5. The Hall–Kier alpha value is -7.10. The third kappa shape index (κ3) is 6.56. The van der Waals surface area contributed by atoms with Crippen molar-refractivity contribution in [3.8, 4) is 16.8 Å². The van der Waals surface area contributed by atoms with E-state index in [0.29, 0.717) is 0 Å². The van der Waals surface area contributed by atoms with E-state index in [1.807, 2.05) is 6.07 Å². The van der Waals surface area contributed by atoms with Gasteiger partial charge in [-0.1, -0.05) is 182 Å². The van der Waals surface area contributed by atoms with Crippen LogP contribution in [0.2, 0.25) is 0 Å². The van der Waals surface area contributed by atoms with Crippen LogP contribution in [0.3, 0.4) is 0 Å². The summed E-state index contributed by atoms with van der Waals surface area (Å²) in [4.78, 5) is 2.51. The molecule has 0 fully saturated rings. The molecule has 0 amide bonds. The largest absolute Gasteiger partial charge is 0.456 e. The van der Waals surface area contributed by atoms with Crippen molar-refractivity contribution in [2.75, 3.05) is 4.90 Å². The SMILES string of the molecule is CC1C=Cc2cccc(-c3ccccc3N(c3ccc4oc5ccccc5c4c3)c3cccc4c5ccccc5n(-c5ccccc5)c34)c2C1c1cc(C(C)(C)C)cc(C(C)(C)C)c1. The molecular formula is C61H54N2O. The molecule has 0 saturated heterocycles. The van der Waals surface area contributed by atoms with Crippen LogP contribution in [0, 0.1) is 5.92 Å². The van der Waals surface area contributed by atoms with Crippen LogP contribution in [0.1, 0.15) is 82.2 Å². The molecule has 0 saturated carbocycles. The molecule has 11 rings (SSSR count). The topological polar surface area (TPSA) is 21.3 Å². The molecule has 0 N–H and O–H groups in total. The minimum atomic E-state index is 0.00382. The zero-order chi connectivity index (χ0) is 43.9. The number of aromatic nitrogens is 1. The summed E-state index contributed by atoms with van der Waals surface area (Å²) in [7, 11) is 0. The van der Waals surface area contributed by atoms with E-state index in [9.17, 15) is 0 Å². The summed E-state index contributed by atoms with van der Waals surface area (Å²) >= 11 is 0. The Kier molecular flexibility index (Phi) is 9.33. The van der Waals surface area contributed by atoms with E-state index in [0.717, 1.165) is 50.2 Å². The number of allylic oxidation sites excluding steroid dienone is 1. The van der Waals surface area contributed by atoms with Gasteiger partial charge in [-0.25, -0.2) is 0 Å². The fraction of sp³-hybridized carbons (Fsp3) is 0.180. The van der Waals surface area contributed by atoms with Gasteiger partial charge in [-0.3, -0.25) is 0 Å². The van der Waals surface area contributed by atoms with E-state index in [1.54, 1.807) is 0 Å². The van der Waals surface area contributed by atoms with Crippen LogP contribution in [-0.4, -0.2) is 4.57 Å². The van der Waals surface area contributed by atoms with Crippen molar-refractivity contribution in [2.24, 2.45) is 5.92 Å². The van der Waals surface area contributed by atoms with Crippen molar-refractivity contribution < 1.29 is 4.42 Å². The molecule has 10 aromatic rings. The number of hydrogen-bond donors (Lipinski definition) is 0. The van der Waals surface area contributed by atoms with Crippen molar-refractivity contribution in [1.29, 1.82) is 0 Å². The number of rotatable bonds is 6. The summed E-state index contributed by atoms with van der Waals surface area (Å²) in [6.45, 7) is 16.4. The van der Waals surface area contributed by atoms with Gasteiger partial charge in [0.2, 0.25) is 0 Å².